The molecule has 0 radical (unpaired) electrons. The highest BCUT2D eigenvalue weighted by molar-refractivity contribution is 5.97. The van der Waals surface area contributed by atoms with E-state index in [1.54, 1.807) is 6.07 Å². The normalized spacial score (nSPS) is 17.1. The first-order chi connectivity index (χ1) is 11.7. The average Bonchev–Trinajstić information content (AvgIpc) is 3.02. The lowest BCUT2D eigenvalue weighted by Crippen LogP contribution is -2.42. The average molecular weight is 355 g/mol. The first-order valence-corrected chi connectivity index (χ1v) is 7.53. The molecule has 1 N–H and O–H groups in total. The smallest absolute Gasteiger partial charge is 0.422 e. The number of anilines is 1. The molecule has 9 heteroatoms. The third-order valence-electron chi connectivity index (χ3n) is 3.72. The molecule has 134 valence electrons. The van der Waals surface area contributed by atoms with Crippen molar-refractivity contribution in [3.8, 4) is 11.8 Å². The van der Waals surface area contributed by atoms with Crippen LogP contribution in [0.25, 0.3) is 0 Å². The van der Waals surface area contributed by atoms with Gasteiger partial charge in [-0.15, -0.1) is 0 Å². The summed E-state index contributed by atoms with van der Waals surface area (Å²) in [5.41, 5.74) is 0.119. The molecule has 25 heavy (non-hydrogen) atoms. The fourth-order valence-electron chi connectivity index (χ4n) is 2.62. The Morgan fingerprint density at radius 1 is 1.44 bits per heavy atom. The summed E-state index contributed by atoms with van der Waals surface area (Å²) in [5.74, 6) is -0.823. The number of rotatable bonds is 4. The third kappa shape index (κ3) is 4.86. The number of nitrogens with zero attached hydrogens (tertiary/aromatic N) is 2. The topological polar surface area (TPSA) is 82.4 Å². The van der Waals surface area contributed by atoms with E-state index >= 15 is 0 Å². The minimum Gasteiger partial charge on any atom is -0.483 e. The van der Waals surface area contributed by atoms with Gasteiger partial charge < -0.3 is 15.0 Å². The molecule has 1 aliphatic heterocycles. The first kappa shape index (κ1) is 18.6. The van der Waals surface area contributed by atoms with Crippen LogP contribution in [-0.4, -0.2) is 42.1 Å². The van der Waals surface area contributed by atoms with Gasteiger partial charge in [-0.1, -0.05) is 0 Å². The van der Waals surface area contributed by atoms with Gasteiger partial charge in [0.05, 0.1) is 5.56 Å². The van der Waals surface area contributed by atoms with Gasteiger partial charge >= 0.3 is 6.18 Å². The van der Waals surface area contributed by atoms with E-state index in [0.717, 1.165) is 0 Å². The Labute approximate surface area is 142 Å². The van der Waals surface area contributed by atoms with Crippen LogP contribution >= 0.6 is 0 Å². The van der Waals surface area contributed by atoms with E-state index in [9.17, 15) is 22.8 Å². The maximum atomic E-state index is 12.3. The summed E-state index contributed by atoms with van der Waals surface area (Å²) in [6.07, 6.45) is -3.27. The lowest BCUT2D eigenvalue weighted by Gasteiger charge is -2.22. The molecule has 1 fully saturated rings. The number of amides is 2. The zero-order chi connectivity index (χ0) is 18.6. The maximum Gasteiger partial charge on any atom is 0.422 e. The molecule has 0 aliphatic carbocycles. The van der Waals surface area contributed by atoms with Gasteiger partial charge in [0.2, 0.25) is 11.8 Å². The molecule has 0 spiro atoms. The van der Waals surface area contributed by atoms with E-state index in [-0.39, 0.29) is 22.9 Å². The van der Waals surface area contributed by atoms with Gasteiger partial charge in [0.25, 0.3) is 0 Å². The number of halogens is 3. The van der Waals surface area contributed by atoms with Crippen LogP contribution in [0.1, 0.15) is 25.3 Å². The Balaban J connectivity index is 2.09. The lowest BCUT2D eigenvalue weighted by molar-refractivity contribution is -0.153. The van der Waals surface area contributed by atoms with Crippen LogP contribution in [0.2, 0.25) is 0 Å². The molecule has 0 bridgehead atoms. The molecule has 1 aromatic carbocycles. The van der Waals surface area contributed by atoms with E-state index in [4.69, 9.17) is 5.26 Å². The number of hydrogen-bond acceptors (Lipinski definition) is 4. The number of nitriles is 1. The number of nitrogens with one attached hydrogen (secondary N) is 1. The predicted octanol–water partition coefficient (Wildman–Crippen LogP) is 2.45. The first-order valence-electron chi connectivity index (χ1n) is 7.53. The quantitative estimate of drug-likeness (QED) is 0.899. The highest BCUT2D eigenvalue weighted by Crippen LogP contribution is 2.26. The van der Waals surface area contributed by atoms with Crippen molar-refractivity contribution in [2.75, 3.05) is 18.5 Å². The summed E-state index contributed by atoms with van der Waals surface area (Å²) in [6, 6.07) is 4.91. The second kappa shape index (κ2) is 7.42. The fraction of sp³-hybridized carbons (Fsp3) is 0.438. The molecule has 0 saturated carbocycles. The summed E-state index contributed by atoms with van der Waals surface area (Å²) in [6.45, 7) is 0.371. The maximum absolute atomic E-state index is 12.3. The van der Waals surface area contributed by atoms with Gasteiger partial charge in [0.15, 0.2) is 6.61 Å². The lowest BCUT2D eigenvalue weighted by atomic mass is 10.1. The van der Waals surface area contributed by atoms with E-state index in [1.165, 1.54) is 30.0 Å². The Bertz CT molecular complexity index is 713. The van der Waals surface area contributed by atoms with Gasteiger partial charge in [0, 0.05) is 19.2 Å². The molecule has 1 heterocycles. The monoisotopic (exact) mass is 355 g/mol. The van der Waals surface area contributed by atoms with Crippen molar-refractivity contribution in [3.63, 3.8) is 0 Å². The van der Waals surface area contributed by atoms with Gasteiger partial charge in [-0.2, -0.15) is 18.4 Å². The summed E-state index contributed by atoms with van der Waals surface area (Å²) >= 11 is 0. The zero-order valence-electron chi connectivity index (χ0n) is 13.4. The second-order valence-electron chi connectivity index (χ2n) is 5.59. The van der Waals surface area contributed by atoms with Crippen LogP contribution < -0.4 is 10.1 Å². The van der Waals surface area contributed by atoms with Crippen LogP contribution in [0.4, 0.5) is 18.9 Å². The van der Waals surface area contributed by atoms with E-state index in [1.807, 2.05) is 0 Å². The molecule has 0 aromatic heterocycles. The number of hydrogen-bond donors (Lipinski definition) is 1. The molecular weight excluding hydrogens is 339 g/mol. The number of carbonyl (C=O) groups excluding carboxylic acids is 2. The van der Waals surface area contributed by atoms with Gasteiger partial charge in [-0.25, -0.2) is 0 Å². The molecule has 1 atom stereocenters. The Morgan fingerprint density at radius 2 is 2.16 bits per heavy atom. The largest absolute Gasteiger partial charge is 0.483 e. The second-order valence-corrected chi connectivity index (χ2v) is 5.59. The number of benzene rings is 1. The van der Waals surface area contributed by atoms with Crippen molar-refractivity contribution >= 4 is 17.5 Å². The number of ether oxygens (including phenoxy) is 1. The molecule has 2 rings (SSSR count). The Kier molecular flexibility index (Phi) is 5.51. The third-order valence-corrected chi connectivity index (χ3v) is 3.72. The number of carbonyl (C=O) groups is 2. The molecule has 6 nitrogen and oxygen atoms in total. The number of alkyl halides is 3. The molecule has 1 saturated heterocycles. The van der Waals surface area contributed by atoms with Crippen LogP contribution in [0.15, 0.2) is 18.2 Å². The van der Waals surface area contributed by atoms with E-state index < -0.39 is 24.7 Å². The van der Waals surface area contributed by atoms with Crippen LogP contribution in [-0.2, 0) is 9.59 Å². The molecule has 2 amide bonds. The highest BCUT2D eigenvalue weighted by atomic mass is 19.4. The predicted molar refractivity (Wildman–Crippen MR) is 81.7 cm³/mol. The van der Waals surface area contributed by atoms with Gasteiger partial charge in [-0.05, 0) is 31.0 Å². The van der Waals surface area contributed by atoms with Crippen LogP contribution in [0.3, 0.4) is 0 Å². The van der Waals surface area contributed by atoms with Crippen molar-refractivity contribution in [2.24, 2.45) is 0 Å². The van der Waals surface area contributed by atoms with E-state index in [0.29, 0.717) is 19.4 Å². The Hall–Kier alpha value is -2.76. The number of likely N-dealkylation sites (tertiary alicyclic amines) is 1. The minimum absolute atomic E-state index is 0.128. The summed E-state index contributed by atoms with van der Waals surface area (Å²) < 4.78 is 41.2. The van der Waals surface area contributed by atoms with Crippen molar-refractivity contribution in [2.45, 2.75) is 32.0 Å². The van der Waals surface area contributed by atoms with E-state index in [2.05, 4.69) is 10.1 Å². The molecule has 1 aliphatic rings. The van der Waals surface area contributed by atoms with Crippen molar-refractivity contribution in [1.82, 2.24) is 4.90 Å². The van der Waals surface area contributed by atoms with Crippen molar-refractivity contribution < 1.29 is 27.5 Å². The fourth-order valence-corrected chi connectivity index (χ4v) is 2.62. The summed E-state index contributed by atoms with van der Waals surface area (Å²) in [5, 5.41) is 11.6. The minimum atomic E-state index is -4.52. The van der Waals surface area contributed by atoms with Crippen LogP contribution in [0.5, 0.6) is 5.75 Å². The van der Waals surface area contributed by atoms with Gasteiger partial charge in [-0.3, -0.25) is 9.59 Å². The Morgan fingerprint density at radius 3 is 2.76 bits per heavy atom. The molecule has 1 aromatic rings. The highest BCUT2D eigenvalue weighted by Gasteiger charge is 2.32. The summed E-state index contributed by atoms with van der Waals surface area (Å²) in [7, 11) is 0. The van der Waals surface area contributed by atoms with Crippen molar-refractivity contribution in [3.05, 3.63) is 23.8 Å². The zero-order valence-corrected chi connectivity index (χ0v) is 13.4. The van der Waals surface area contributed by atoms with Crippen molar-refractivity contribution in [1.29, 1.82) is 5.26 Å². The standard InChI is InChI=1S/C16H16F3N3O3/c1-10(23)22-6-2-3-13(22)15(24)21-12-4-5-14(11(7-12)8-20)25-9-16(17,18)19/h4-5,7,13H,2-3,6,9H2,1H3,(H,21,24)/t13-/m0/s1. The molecule has 0 unspecified atom stereocenters. The SMILES string of the molecule is CC(=O)N1CCC[C@H]1C(=O)Nc1ccc(OCC(F)(F)F)c(C#N)c1. The summed E-state index contributed by atoms with van der Waals surface area (Å²) in [4.78, 5) is 25.3. The van der Waals surface area contributed by atoms with Crippen LogP contribution in [0, 0.1) is 11.3 Å². The molecular formula is C16H16F3N3O3. The van der Waals surface area contributed by atoms with Gasteiger partial charge in [0.1, 0.15) is 17.9 Å².